The van der Waals surface area contributed by atoms with Gasteiger partial charge >= 0.3 is 0 Å². The van der Waals surface area contributed by atoms with Gasteiger partial charge in [-0.25, -0.2) is 0 Å². The van der Waals surface area contributed by atoms with Crippen LogP contribution in [0.15, 0.2) is 48.6 Å². The second kappa shape index (κ2) is 20.6. The Labute approximate surface area is 144 Å². The Hall–Kier alpha value is -1.37. The molecule has 0 bridgehead atoms. The Kier molecular flexibility index (Phi) is 19.4. The van der Waals surface area contributed by atoms with Crippen LogP contribution in [0.25, 0.3) is 0 Å². The van der Waals surface area contributed by atoms with Crippen LogP contribution in [0.5, 0.6) is 0 Å². The molecule has 0 aliphatic heterocycles. The number of allylic oxidation sites excluding steroid dienone is 8. The van der Waals surface area contributed by atoms with Crippen molar-refractivity contribution in [3.05, 3.63) is 48.6 Å². The third kappa shape index (κ3) is 20.6. The molecule has 0 spiro atoms. The third-order valence-electron chi connectivity index (χ3n) is 3.78. The molecule has 0 saturated heterocycles. The van der Waals surface area contributed by atoms with E-state index in [4.69, 9.17) is 0 Å². The topological polar surface area (TPSA) is 17.1 Å². The van der Waals surface area contributed by atoms with Gasteiger partial charge in [-0.2, -0.15) is 0 Å². The monoisotopic (exact) mass is 316 g/mol. The van der Waals surface area contributed by atoms with Crippen LogP contribution in [0, 0.1) is 0 Å². The van der Waals surface area contributed by atoms with Crippen molar-refractivity contribution in [3.8, 4) is 0 Å². The summed E-state index contributed by atoms with van der Waals surface area (Å²) in [4.78, 5) is 10.1. The van der Waals surface area contributed by atoms with Crippen LogP contribution in [-0.2, 0) is 4.79 Å². The predicted molar refractivity (Wildman–Crippen MR) is 104 cm³/mol. The number of aldehydes is 1. The van der Waals surface area contributed by atoms with Gasteiger partial charge in [0.05, 0.1) is 0 Å². The molecule has 0 N–H and O–H groups in total. The number of carbonyl (C=O) groups is 1. The first-order valence-electron chi connectivity index (χ1n) is 9.50. The second-order valence-corrected chi connectivity index (χ2v) is 6.00. The van der Waals surface area contributed by atoms with Gasteiger partial charge in [0, 0.05) is 6.42 Å². The molecule has 0 atom stereocenters. The van der Waals surface area contributed by atoms with E-state index in [0.29, 0.717) is 6.42 Å². The zero-order valence-corrected chi connectivity index (χ0v) is 15.1. The molecular formula is C22H36O. The number of hydrogen-bond donors (Lipinski definition) is 0. The van der Waals surface area contributed by atoms with E-state index in [2.05, 4.69) is 25.2 Å². The largest absolute Gasteiger partial charge is 0.303 e. The maximum Gasteiger partial charge on any atom is 0.123 e. The Balaban J connectivity index is 3.29. The summed E-state index contributed by atoms with van der Waals surface area (Å²) in [6.45, 7) is 2.27. The Morgan fingerprint density at radius 1 is 0.565 bits per heavy atom. The molecule has 0 fully saturated rings. The average molecular weight is 317 g/mol. The highest BCUT2D eigenvalue weighted by Gasteiger charge is 1.91. The molecule has 0 radical (unpaired) electrons. The summed E-state index contributed by atoms with van der Waals surface area (Å²) in [6.07, 6.45) is 32.6. The molecule has 0 unspecified atom stereocenters. The summed E-state index contributed by atoms with van der Waals surface area (Å²) >= 11 is 0. The van der Waals surface area contributed by atoms with Gasteiger partial charge in [-0.3, -0.25) is 0 Å². The van der Waals surface area contributed by atoms with Crippen LogP contribution in [0.1, 0.15) is 84.0 Å². The molecular weight excluding hydrogens is 280 g/mol. The van der Waals surface area contributed by atoms with Gasteiger partial charge in [0.15, 0.2) is 0 Å². The highest BCUT2D eigenvalue weighted by Crippen LogP contribution is 2.11. The minimum atomic E-state index is 0.493. The van der Waals surface area contributed by atoms with Gasteiger partial charge in [0.25, 0.3) is 0 Å². The lowest BCUT2D eigenvalue weighted by molar-refractivity contribution is -0.107. The van der Waals surface area contributed by atoms with Crippen molar-refractivity contribution in [3.63, 3.8) is 0 Å². The summed E-state index contributed by atoms with van der Waals surface area (Å²) in [5.41, 5.74) is 0. The fourth-order valence-corrected chi connectivity index (χ4v) is 2.39. The first-order valence-corrected chi connectivity index (χ1v) is 9.50. The molecule has 1 nitrogen and oxygen atoms in total. The molecule has 0 aliphatic carbocycles. The summed E-state index contributed by atoms with van der Waals surface area (Å²) in [5.74, 6) is 0. The van der Waals surface area contributed by atoms with Gasteiger partial charge in [-0.1, -0.05) is 113 Å². The Morgan fingerprint density at radius 3 is 1.61 bits per heavy atom. The molecule has 0 heterocycles. The van der Waals surface area contributed by atoms with Gasteiger partial charge in [-0.05, 0) is 12.8 Å². The van der Waals surface area contributed by atoms with Crippen LogP contribution >= 0.6 is 0 Å². The minimum Gasteiger partial charge on any atom is -0.303 e. The zero-order chi connectivity index (χ0) is 16.8. The molecule has 0 aromatic carbocycles. The lowest BCUT2D eigenvalue weighted by Gasteiger charge is -2.01. The Morgan fingerprint density at radius 2 is 1.04 bits per heavy atom. The molecule has 0 saturated carbocycles. The predicted octanol–water partition coefficient (Wildman–Crippen LogP) is 7.11. The third-order valence-corrected chi connectivity index (χ3v) is 3.78. The second-order valence-electron chi connectivity index (χ2n) is 6.00. The quantitative estimate of drug-likeness (QED) is 0.168. The number of rotatable bonds is 16. The smallest absolute Gasteiger partial charge is 0.123 e. The highest BCUT2D eigenvalue weighted by molar-refractivity contribution is 5.52. The van der Waals surface area contributed by atoms with Gasteiger partial charge in [0.1, 0.15) is 6.29 Å². The first kappa shape index (κ1) is 21.6. The van der Waals surface area contributed by atoms with E-state index < -0.39 is 0 Å². The van der Waals surface area contributed by atoms with Crippen molar-refractivity contribution in [2.45, 2.75) is 84.0 Å². The van der Waals surface area contributed by atoms with Crippen LogP contribution in [-0.4, -0.2) is 6.29 Å². The van der Waals surface area contributed by atoms with Crippen molar-refractivity contribution in [2.75, 3.05) is 0 Å². The van der Waals surface area contributed by atoms with E-state index in [-0.39, 0.29) is 0 Å². The van der Waals surface area contributed by atoms with Gasteiger partial charge < -0.3 is 4.79 Å². The summed E-state index contributed by atoms with van der Waals surface area (Å²) in [7, 11) is 0. The van der Waals surface area contributed by atoms with E-state index in [1.807, 2.05) is 30.4 Å². The zero-order valence-electron chi connectivity index (χ0n) is 15.1. The van der Waals surface area contributed by atoms with Crippen molar-refractivity contribution < 1.29 is 4.79 Å². The van der Waals surface area contributed by atoms with E-state index in [1.165, 1.54) is 70.6 Å². The van der Waals surface area contributed by atoms with Crippen LogP contribution < -0.4 is 0 Å². The van der Waals surface area contributed by atoms with Crippen LogP contribution in [0.3, 0.4) is 0 Å². The lowest BCUT2D eigenvalue weighted by atomic mass is 10.1. The molecule has 130 valence electrons. The number of carbonyl (C=O) groups excluding carboxylic acids is 1. The minimum absolute atomic E-state index is 0.493. The lowest BCUT2D eigenvalue weighted by Crippen LogP contribution is -1.81. The Bertz CT molecular complexity index is 347. The highest BCUT2D eigenvalue weighted by atomic mass is 16.1. The van der Waals surface area contributed by atoms with Crippen molar-refractivity contribution >= 4 is 6.29 Å². The van der Waals surface area contributed by atoms with E-state index in [9.17, 15) is 4.79 Å². The number of hydrogen-bond acceptors (Lipinski definition) is 1. The van der Waals surface area contributed by atoms with E-state index in [0.717, 1.165) is 6.29 Å². The normalized spacial score (nSPS) is 12.4. The van der Waals surface area contributed by atoms with E-state index in [1.54, 1.807) is 0 Å². The maximum atomic E-state index is 10.1. The summed E-state index contributed by atoms with van der Waals surface area (Å²) in [5, 5.41) is 0. The molecule has 0 amide bonds. The van der Waals surface area contributed by atoms with Crippen molar-refractivity contribution in [1.29, 1.82) is 0 Å². The standard InChI is InChI=1S/C22H36O/c1-2-3-4-5-6-7-8-9-10-11-12-13-14-15-16-17-18-19-20-21-22-23/h13-20,22H,2-12,21H2,1H3. The van der Waals surface area contributed by atoms with Crippen LogP contribution in [0.2, 0.25) is 0 Å². The first-order chi connectivity index (χ1) is 11.4. The van der Waals surface area contributed by atoms with Crippen molar-refractivity contribution in [2.24, 2.45) is 0 Å². The molecule has 1 heteroatoms. The van der Waals surface area contributed by atoms with Crippen LogP contribution in [0.4, 0.5) is 0 Å². The summed E-state index contributed by atoms with van der Waals surface area (Å²) in [6, 6.07) is 0. The van der Waals surface area contributed by atoms with Crippen molar-refractivity contribution in [1.82, 2.24) is 0 Å². The molecule has 0 aliphatic rings. The fourth-order valence-electron chi connectivity index (χ4n) is 2.39. The summed E-state index contributed by atoms with van der Waals surface area (Å²) < 4.78 is 0. The molecule has 0 aromatic heterocycles. The molecule has 0 rings (SSSR count). The van der Waals surface area contributed by atoms with E-state index >= 15 is 0 Å². The maximum absolute atomic E-state index is 10.1. The molecule has 23 heavy (non-hydrogen) atoms. The molecule has 0 aromatic rings. The van der Waals surface area contributed by atoms with Gasteiger partial charge in [-0.15, -0.1) is 0 Å². The average Bonchev–Trinajstić information content (AvgIpc) is 2.57. The SMILES string of the molecule is CCCCCCCCCCCCC=CC=CC=CC=CCC=O. The fraction of sp³-hybridized carbons (Fsp3) is 0.591. The number of unbranched alkanes of at least 4 members (excludes halogenated alkanes) is 10. The van der Waals surface area contributed by atoms with Gasteiger partial charge in [0.2, 0.25) is 0 Å².